The van der Waals surface area contributed by atoms with E-state index >= 15 is 0 Å². The van der Waals surface area contributed by atoms with E-state index in [0.29, 0.717) is 5.41 Å². The Morgan fingerprint density at radius 2 is 1.69 bits per heavy atom. The summed E-state index contributed by atoms with van der Waals surface area (Å²) in [6, 6.07) is 8.79. The molecule has 0 amide bonds. The Hall–Kier alpha value is -1.04. The first-order valence-electron chi connectivity index (χ1n) is 6.30. The van der Waals surface area contributed by atoms with Gasteiger partial charge in [0.15, 0.2) is 0 Å². The maximum absolute atomic E-state index is 3.96. The lowest BCUT2D eigenvalue weighted by atomic mass is 9.67. The highest BCUT2D eigenvalue weighted by Crippen LogP contribution is 2.42. The van der Waals surface area contributed by atoms with E-state index in [1.165, 1.54) is 37.7 Å². The SMILES string of the molecule is [CH2]c1ccc(C2(CC=C)CCCCC2)cc1. The van der Waals surface area contributed by atoms with Crippen LogP contribution in [0.4, 0.5) is 0 Å². The minimum absolute atomic E-state index is 0.369. The molecule has 0 heterocycles. The van der Waals surface area contributed by atoms with Gasteiger partial charge in [0.2, 0.25) is 0 Å². The van der Waals surface area contributed by atoms with Gasteiger partial charge in [-0.1, -0.05) is 49.6 Å². The van der Waals surface area contributed by atoms with Gasteiger partial charge < -0.3 is 0 Å². The summed E-state index contributed by atoms with van der Waals surface area (Å²) in [4.78, 5) is 0. The van der Waals surface area contributed by atoms with Crippen LogP contribution in [0.25, 0.3) is 0 Å². The van der Waals surface area contributed by atoms with E-state index in [-0.39, 0.29) is 0 Å². The summed E-state index contributed by atoms with van der Waals surface area (Å²) in [5, 5.41) is 0. The Morgan fingerprint density at radius 3 is 2.25 bits per heavy atom. The molecule has 1 saturated carbocycles. The summed E-state index contributed by atoms with van der Waals surface area (Å²) < 4.78 is 0. The van der Waals surface area contributed by atoms with E-state index in [1.54, 1.807) is 0 Å². The molecule has 0 unspecified atom stereocenters. The van der Waals surface area contributed by atoms with Gasteiger partial charge in [-0.2, -0.15) is 0 Å². The van der Waals surface area contributed by atoms with Gasteiger partial charge in [0.1, 0.15) is 0 Å². The van der Waals surface area contributed by atoms with Crippen molar-refractivity contribution in [1.29, 1.82) is 0 Å². The highest BCUT2D eigenvalue weighted by atomic mass is 14.4. The second-order valence-corrected chi connectivity index (χ2v) is 5.03. The van der Waals surface area contributed by atoms with Crippen LogP contribution in [0.1, 0.15) is 49.7 Å². The van der Waals surface area contributed by atoms with Gasteiger partial charge in [-0.15, -0.1) is 6.58 Å². The Balaban J connectivity index is 2.30. The average molecular weight is 213 g/mol. The number of rotatable bonds is 3. The first kappa shape index (κ1) is 11.4. The predicted octanol–water partition coefficient (Wildman–Crippen LogP) is 4.65. The second-order valence-electron chi connectivity index (χ2n) is 5.03. The van der Waals surface area contributed by atoms with Crippen molar-refractivity contribution in [3.63, 3.8) is 0 Å². The van der Waals surface area contributed by atoms with Crippen LogP contribution in [0.3, 0.4) is 0 Å². The molecule has 0 N–H and O–H groups in total. The largest absolute Gasteiger partial charge is 0.103 e. The fourth-order valence-electron chi connectivity index (χ4n) is 2.97. The molecule has 0 aliphatic heterocycles. The molecule has 1 aromatic carbocycles. The molecule has 0 bridgehead atoms. The maximum Gasteiger partial charge on any atom is -0.00126 e. The van der Waals surface area contributed by atoms with Gasteiger partial charge in [0.25, 0.3) is 0 Å². The Kier molecular flexibility index (Phi) is 3.48. The van der Waals surface area contributed by atoms with Gasteiger partial charge in [0.05, 0.1) is 0 Å². The summed E-state index contributed by atoms with van der Waals surface area (Å²) in [5.41, 5.74) is 2.96. The predicted molar refractivity (Wildman–Crippen MR) is 70.5 cm³/mol. The molecule has 16 heavy (non-hydrogen) atoms. The summed E-state index contributed by atoms with van der Waals surface area (Å²) in [6.07, 6.45) is 9.95. The number of allylic oxidation sites excluding steroid dienone is 1. The molecule has 0 spiro atoms. The van der Waals surface area contributed by atoms with Crippen molar-refractivity contribution >= 4 is 0 Å². The molecule has 0 atom stereocenters. The van der Waals surface area contributed by atoms with Crippen LogP contribution in [0, 0.1) is 6.92 Å². The van der Waals surface area contributed by atoms with Crippen LogP contribution in [0.2, 0.25) is 0 Å². The van der Waals surface area contributed by atoms with Gasteiger partial charge in [-0.05, 0) is 42.7 Å². The van der Waals surface area contributed by atoms with E-state index in [1.807, 2.05) is 0 Å². The molecule has 85 valence electrons. The van der Waals surface area contributed by atoms with Crippen LogP contribution in [0.15, 0.2) is 36.9 Å². The minimum atomic E-state index is 0.369. The topological polar surface area (TPSA) is 0 Å². The van der Waals surface area contributed by atoms with Crippen LogP contribution < -0.4 is 0 Å². The molecule has 1 fully saturated rings. The van der Waals surface area contributed by atoms with Crippen molar-refractivity contribution in [3.05, 3.63) is 55.0 Å². The average Bonchev–Trinajstić information content (AvgIpc) is 2.31. The number of benzene rings is 1. The third kappa shape index (κ3) is 2.21. The molecule has 0 aromatic heterocycles. The van der Waals surface area contributed by atoms with Crippen molar-refractivity contribution in [2.45, 2.75) is 43.9 Å². The van der Waals surface area contributed by atoms with Crippen molar-refractivity contribution in [2.24, 2.45) is 0 Å². The Labute approximate surface area is 99.4 Å². The van der Waals surface area contributed by atoms with Gasteiger partial charge in [-0.3, -0.25) is 0 Å². The first-order chi connectivity index (χ1) is 7.77. The molecule has 1 radical (unpaired) electrons. The van der Waals surface area contributed by atoms with E-state index in [2.05, 4.69) is 43.8 Å². The molecular weight excluding hydrogens is 192 g/mol. The monoisotopic (exact) mass is 213 g/mol. The van der Waals surface area contributed by atoms with E-state index in [4.69, 9.17) is 0 Å². The van der Waals surface area contributed by atoms with E-state index in [0.717, 1.165) is 12.0 Å². The fourth-order valence-corrected chi connectivity index (χ4v) is 2.97. The molecule has 1 aliphatic carbocycles. The summed E-state index contributed by atoms with van der Waals surface area (Å²) in [7, 11) is 0. The highest BCUT2D eigenvalue weighted by Gasteiger charge is 2.32. The zero-order valence-corrected chi connectivity index (χ0v) is 10.0. The lowest BCUT2D eigenvalue weighted by Crippen LogP contribution is -2.28. The molecule has 0 nitrogen and oxygen atoms in total. The standard InChI is InChI=1S/C16H21/c1-3-11-16(12-5-4-6-13-16)15-9-7-14(2)8-10-15/h3,7-10H,1-2,4-6,11-13H2. The fraction of sp³-hybridized carbons (Fsp3) is 0.438. The van der Waals surface area contributed by atoms with Gasteiger partial charge in [-0.25, -0.2) is 0 Å². The summed E-state index contributed by atoms with van der Waals surface area (Å²) in [6.45, 7) is 7.89. The third-order valence-corrected chi connectivity index (χ3v) is 3.91. The molecule has 2 rings (SSSR count). The second kappa shape index (κ2) is 4.86. The maximum atomic E-state index is 3.96. The lowest BCUT2D eigenvalue weighted by Gasteiger charge is -2.37. The quantitative estimate of drug-likeness (QED) is 0.641. The summed E-state index contributed by atoms with van der Waals surface area (Å²) in [5.74, 6) is 0. The first-order valence-corrected chi connectivity index (χ1v) is 6.30. The van der Waals surface area contributed by atoms with Crippen LogP contribution in [-0.2, 0) is 5.41 Å². The van der Waals surface area contributed by atoms with Crippen molar-refractivity contribution in [2.75, 3.05) is 0 Å². The van der Waals surface area contributed by atoms with E-state index < -0.39 is 0 Å². The smallest absolute Gasteiger partial charge is 0.00126 e. The van der Waals surface area contributed by atoms with Crippen molar-refractivity contribution in [1.82, 2.24) is 0 Å². The molecule has 1 aliphatic rings. The number of hydrogen-bond donors (Lipinski definition) is 0. The normalized spacial score (nSPS) is 19.3. The lowest BCUT2D eigenvalue weighted by molar-refractivity contribution is 0.295. The van der Waals surface area contributed by atoms with Crippen LogP contribution in [-0.4, -0.2) is 0 Å². The van der Waals surface area contributed by atoms with E-state index in [9.17, 15) is 0 Å². The zero-order chi connectivity index (χ0) is 11.4. The zero-order valence-electron chi connectivity index (χ0n) is 10.0. The van der Waals surface area contributed by atoms with Crippen LogP contribution in [0.5, 0.6) is 0 Å². The van der Waals surface area contributed by atoms with Gasteiger partial charge in [0, 0.05) is 0 Å². The molecule has 0 heteroatoms. The third-order valence-electron chi connectivity index (χ3n) is 3.91. The molecule has 0 saturated heterocycles. The highest BCUT2D eigenvalue weighted by molar-refractivity contribution is 5.31. The minimum Gasteiger partial charge on any atom is -0.103 e. The Bertz CT molecular complexity index is 339. The Morgan fingerprint density at radius 1 is 1.06 bits per heavy atom. The van der Waals surface area contributed by atoms with Gasteiger partial charge >= 0.3 is 0 Å². The van der Waals surface area contributed by atoms with Crippen molar-refractivity contribution < 1.29 is 0 Å². The van der Waals surface area contributed by atoms with Crippen molar-refractivity contribution in [3.8, 4) is 0 Å². The molecule has 1 aromatic rings. The summed E-state index contributed by atoms with van der Waals surface area (Å²) >= 11 is 0. The number of hydrogen-bond acceptors (Lipinski definition) is 0. The van der Waals surface area contributed by atoms with Crippen LogP contribution >= 0.6 is 0 Å². The molecular formula is C16H21.